The Balaban J connectivity index is 2.22. The molecule has 1 N–H and O–H groups in total. The standard InChI is InChI=1S/C12H17NO2/c1-2-12(6-4-7-13-9-12)11(14)10-5-3-8-15-10/h3,5,8,13H,2,4,6-7,9H2,1H3. The van der Waals surface area contributed by atoms with Crippen molar-refractivity contribution in [3.05, 3.63) is 24.2 Å². The van der Waals surface area contributed by atoms with Gasteiger partial charge in [-0.15, -0.1) is 0 Å². The molecular weight excluding hydrogens is 190 g/mol. The van der Waals surface area contributed by atoms with Gasteiger partial charge in [-0.3, -0.25) is 4.79 Å². The summed E-state index contributed by atoms with van der Waals surface area (Å²) in [6.07, 6.45) is 4.47. The first-order valence-electron chi connectivity index (χ1n) is 5.57. The quantitative estimate of drug-likeness (QED) is 0.773. The minimum absolute atomic E-state index is 0.155. The number of nitrogens with one attached hydrogen (secondary N) is 1. The fourth-order valence-corrected chi connectivity index (χ4v) is 2.29. The Bertz CT molecular complexity index is 323. The number of furan rings is 1. The number of carbonyl (C=O) groups excluding carboxylic acids is 1. The summed E-state index contributed by atoms with van der Waals surface area (Å²) >= 11 is 0. The fourth-order valence-electron chi connectivity index (χ4n) is 2.29. The molecule has 1 atom stereocenters. The first-order valence-corrected chi connectivity index (χ1v) is 5.57. The Kier molecular flexibility index (Phi) is 2.91. The first-order chi connectivity index (χ1) is 7.28. The summed E-state index contributed by atoms with van der Waals surface area (Å²) in [6, 6.07) is 3.53. The molecule has 3 nitrogen and oxygen atoms in total. The van der Waals surface area contributed by atoms with Crippen LogP contribution in [0.15, 0.2) is 22.8 Å². The molecule has 0 radical (unpaired) electrons. The molecule has 1 fully saturated rings. The van der Waals surface area contributed by atoms with Crippen LogP contribution in [0.2, 0.25) is 0 Å². The minimum atomic E-state index is -0.240. The van der Waals surface area contributed by atoms with Crippen LogP contribution in [0.5, 0.6) is 0 Å². The normalized spacial score (nSPS) is 26.5. The molecule has 0 amide bonds. The van der Waals surface area contributed by atoms with E-state index >= 15 is 0 Å². The van der Waals surface area contributed by atoms with Crippen molar-refractivity contribution in [2.24, 2.45) is 5.41 Å². The highest BCUT2D eigenvalue weighted by Crippen LogP contribution is 2.33. The average molecular weight is 207 g/mol. The second-order valence-corrected chi connectivity index (χ2v) is 4.22. The third-order valence-corrected chi connectivity index (χ3v) is 3.38. The van der Waals surface area contributed by atoms with Crippen LogP contribution < -0.4 is 5.32 Å². The maximum atomic E-state index is 12.3. The van der Waals surface area contributed by atoms with Gasteiger partial charge in [-0.2, -0.15) is 0 Å². The van der Waals surface area contributed by atoms with Crippen LogP contribution in [0.1, 0.15) is 36.7 Å². The highest BCUT2D eigenvalue weighted by molar-refractivity contribution is 5.98. The maximum Gasteiger partial charge on any atom is 0.205 e. The molecule has 1 aromatic rings. The third-order valence-electron chi connectivity index (χ3n) is 3.38. The molecule has 1 aliphatic rings. The number of hydrogen-bond acceptors (Lipinski definition) is 3. The van der Waals surface area contributed by atoms with Crippen LogP contribution in [0.3, 0.4) is 0 Å². The lowest BCUT2D eigenvalue weighted by molar-refractivity contribution is 0.0699. The van der Waals surface area contributed by atoms with Crippen molar-refractivity contribution >= 4 is 5.78 Å². The molecule has 0 aliphatic carbocycles. The zero-order valence-electron chi connectivity index (χ0n) is 9.08. The van der Waals surface area contributed by atoms with E-state index in [1.165, 1.54) is 0 Å². The molecule has 1 aliphatic heterocycles. The summed E-state index contributed by atoms with van der Waals surface area (Å²) in [6.45, 7) is 3.88. The SMILES string of the molecule is CCC1(C(=O)c2ccco2)CCCNC1. The summed E-state index contributed by atoms with van der Waals surface area (Å²) in [5, 5.41) is 3.31. The summed E-state index contributed by atoms with van der Waals surface area (Å²) < 4.78 is 5.20. The molecule has 0 spiro atoms. The van der Waals surface area contributed by atoms with E-state index in [0.717, 1.165) is 32.4 Å². The van der Waals surface area contributed by atoms with Gasteiger partial charge in [0.05, 0.1) is 6.26 Å². The van der Waals surface area contributed by atoms with E-state index in [9.17, 15) is 4.79 Å². The van der Waals surface area contributed by atoms with Crippen molar-refractivity contribution in [3.8, 4) is 0 Å². The molecule has 15 heavy (non-hydrogen) atoms. The Morgan fingerprint density at radius 3 is 3.07 bits per heavy atom. The largest absolute Gasteiger partial charge is 0.461 e. The minimum Gasteiger partial charge on any atom is -0.461 e. The van der Waals surface area contributed by atoms with Gasteiger partial charge in [0.25, 0.3) is 0 Å². The van der Waals surface area contributed by atoms with Crippen LogP contribution in [0.4, 0.5) is 0 Å². The number of carbonyl (C=O) groups is 1. The van der Waals surface area contributed by atoms with Crippen molar-refractivity contribution in [2.45, 2.75) is 26.2 Å². The van der Waals surface area contributed by atoms with Crippen molar-refractivity contribution in [1.29, 1.82) is 0 Å². The summed E-state index contributed by atoms with van der Waals surface area (Å²) in [4.78, 5) is 12.3. The maximum absolute atomic E-state index is 12.3. The van der Waals surface area contributed by atoms with E-state index in [0.29, 0.717) is 5.76 Å². The highest BCUT2D eigenvalue weighted by Gasteiger charge is 2.39. The summed E-state index contributed by atoms with van der Waals surface area (Å²) in [5.74, 6) is 0.655. The van der Waals surface area contributed by atoms with Gasteiger partial charge in [-0.25, -0.2) is 0 Å². The Labute approximate surface area is 89.9 Å². The first kappa shape index (κ1) is 10.4. The van der Waals surface area contributed by atoms with Crippen LogP contribution in [0.25, 0.3) is 0 Å². The Morgan fingerprint density at radius 1 is 1.67 bits per heavy atom. The lowest BCUT2D eigenvalue weighted by atomic mass is 9.74. The van der Waals surface area contributed by atoms with Crippen molar-refractivity contribution in [3.63, 3.8) is 0 Å². The molecule has 2 heterocycles. The average Bonchev–Trinajstić information content (AvgIpc) is 2.82. The van der Waals surface area contributed by atoms with Crippen molar-refractivity contribution in [2.75, 3.05) is 13.1 Å². The topological polar surface area (TPSA) is 42.2 Å². The smallest absolute Gasteiger partial charge is 0.205 e. The highest BCUT2D eigenvalue weighted by atomic mass is 16.3. The zero-order valence-corrected chi connectivity index (χ0v) is 9.08. The Morgan fingerprint density at radius 2 is 2.53 bits per heavy atom. The van der Waals surface area contributed by atoms with Gasteiger partial charge in [0.2, 0.25) is 5.78 Å². The molecular formula is C12H17NO2. The molecule has 0 bridgehead atoms. The zero-order chi connectivity index (χ0) is 10.7. The van der Waals surface area contributed by atoms with Gasteiger partial charge in [-0.05, 0) is 37.9 Å². The van der Waals surface area contributed by atoms with Gasteiger partial charge in [0.15, 0.2) is 5.76 Å². The fraction of sp³-hybridized carbons (Fsp3) is 0.583. The number of hydrogen-bond donors (Lipinski definition) is 1. The number of ketones is 1. The molecule has 0 aromatic carbocycles. The van der Waals surface area contributed by atoms with E-state index in [4.69, 9.17) is 4.42 Å². The van der Waals surface area contributed by atoms with Crippen LogP contribution in [0, 0.1) is 5.41 Å². The van der Waals surface area contributed by atoms with Crippen LogP contribution in [-0.4, -0.2) is 18.9 Å². The second-order valence-electron chi connectivity index (χ2n) is 4.22. The van der Waals surface area contributed by atoms with E-state index in [2.05, 4.69) is 12.2 Å². The number of rotatable bonds is 3. The molecule has 3 heteroatoms. The molecule has 1 saturated heterocycles. The Hall–Kier alpha value is -1.09. The van der Waals surface area contributed by atoms with E-state index in [1.54, 1.807) is 18.4 Å². The van der Waals surface area contributed by atoms with Gasteiger partial charge in [0, 0.05) is 12.0 Å². The van der Waals surface area contributed by atoms with Crippen molar-refractivity contribution in [1.82, 2.24) is 5.32 Å². The summed E-state index contributed by atoms with van der Waals surface area (Å²) in [5.41, 5.74) is -0.240. The lowest BCUT2D eigenvalue weighted by Crippen LogP contribution is -2.45. The lowest BCUT2D eigenvalue weighted by Gasteiger charge is -2.34. The van der Waals surface area contributed by atoms with E-state index < -0.39 is 0 Å². The predicted molar refractivity (Wildman–Crippen MR) is 57.9 cm³/mol. The summed E-state index contributed by atoms with van der Waals surface area (Å²) in [7, 11) is 0. The molecule has 0 saturated carbocycles. The van der Waals surface area contributed by atoms with Gasteiger partial charge >= 0.3 is 0 Å². The third kappa shape index (κ3) is 1.84. The van der Waals surface area contributed by atoms with Gasteiger partial charge in [-0.1, -0.05) is 6.92 Å². The molecule has 82 valence electrons. The van der Waals surface area contributed by atoms with Crippen LogP contribution >= 0.6 is 0 Å². The van der Waals surface area contributed by atoms with Crippen molar-refractivity contribution < 1.29 is 9.21 Å². The predicted octanol–water partition coefficient (Wildman–Crippen LogP) is 2.24. The molecule has 2 rings (SSSR count). The number of piperidine rings is 1. The number of Topliss-reactive ketones (excluding diaryl/α,β-unsaturated/α-hetero) is 1. The van der Waals surface area contributed by atoms with Gasteiger partial charge in [0.1, 0.15) is 0 Å². The van der Waals surface area contributed by atoms with Crippen LogP contribution in [-0.2, 0) is 0 Å². The van der Waals surface area contributed by atoms with E-state index in [1.807, 2.05) is 0 Å². The molecule has 1 unspecified atom stereocenters. The molecule has 1 aromatic heterocycles. The second kappa shape index (κ2) is 4.19. The monoisotopic (exact) mass is 207 g/mol. The van der Waals surface area contributed by atoms with E-state index in [-0.39, 0.29) is 11.2 Å². The van der Waals surface area contributed by atoms with Gasteiger partial charge < -0.3 is 9.73 Å².